The number of aliphatic hydroxyl groups is 1. The van der Waals surface area contributed by atoms with Gasteiger partial charge in [0.1, 0.15) is 11.9 Å². The number of para-hydroxylation sites is 1. The molecular formula is C19H16N3OS-. The van der Waals surface area contributed by atoms with E-state index in [0.29, 0.717) is 5.69 Å². The molecule has 120 valence electrons. The molecule has 0 amide bonds. The van der Waals surface area contributed by atoms with Gasteiger partial charge in [0.2, 0.25) is 5.01 Å². The van der Waals surface area contributed by atoms with Gasteiger partial charge in [0, 0.05) is 11.9 Å². The number of fused-ring (bicyclic) bond motifs is 1. The van der Waals surface area contributed by atoms with Gasteiger partial charge in [-0.1, -0.05) is 12.1 Å². The molecule has 1 N–H and O–H groups in total. The van der Waals surface area contributed by atoms with Crippen LogP contribution in [0.5, 0.6) is 0 Å². The predicted molar refractivity (Wildman–Crippen MR) is 94.1 cm³/mol. The number of benzene rings is 1. The predicted octanol–water partition coefficient (Wildman–Crippen LogP) is 3.69. The zero-order valence-corrected chi connectivity index (χ0v) is 14.0. The molecule has 5 heteroatoms. The van der Waals surface area contributed by atoms with Crippen molar-refractivity contribution >= 4 is 22.2 Å². The standard InChI is InChI=1S/C19H16N3OS/c1-2-22-11-15(14-7-3-4-8-17(14)22)18(23)16-12-24-19(21-16)13-6-5-9-20-10-13/h3-12,23H,2H2,1H3/q-1. The van der Waals surface area contributed by atoms with Crippen molar-refractivity contribution in [2.45, 2.75) is 13.5 Å². The third kappa shape index (κ3) is 2.48. The molecule has 0 aliphatic carbocycles. The van der Waals surface area contributed by atoms with Crippen LogP contribution in [-0.2, 0) is 6.54 Å². The number of rotatable bonds is 4. The molecular weight excluding hydrogens is 318 g/mol. The summed E-state index contributed by atoms with van der Waals surface area (Å²) in [5.74, 6) is 0. The van der Waals surface area contributed by atoms with E-state index in [2.05, 4.69) is 27.5 Å². The summed E-state index contributed by atoms with van der Waals surface area (Å²) in [6.07, 6.45) is 5.72. The normalized spacial score (nSPS) is 11.1. The summed E-state index contributed by atoms with van der Waals surface area (Å²) in [4.78, 5) is 8.70. The van der Waals surface area contributed by atoms with E-state index in [0.717, 1.165) is 33.6 Å². The van der Waals surface area contributed by atoms with Gasteiger partial charge < -0.3 is 10.1 Å². The zero-order chi connectivity index (χ0) is 16.5. The molecule has 0 aliphatic heterocycles. The van der Waals surface area contributed by atoms with Gasteiger partial charge in [-0.2, -0.15) is 6.07 Å². The molecule has 0 radical (unpaired) electrons. The van der Waals surface area contributed by atoms with Crippen LogP contribution < -0.4 is 4.57 Å². The van der Waals surface area contributed by atoms with Crippen LogP contribution in [0.2, 0.25) is 0 Å². The number of aryl methyl sites for hydroxylation is 1. The van der Waals surface area contributed by atoms with Gasteiger partial charge in [-0.3, -0.25) is 9.55 Å². The Kier molecular flexibility index (Phi) is 3.80. The first-order valence-corrected chi connectivity index (χ1v) is 8.66. The van der Waals surface area contributed by atoms with Crippen molar-refractivity contribution in [2.24, 2.45) is 0 Å². The smallest absolute Gasteiger partial charge is 0.250 e. The van der Waals surface area contributed by atoms with Gasteiger partial charge in [-0.15, -0.1) is 29.1 Å². The molecule has 4 aromatic rings. The van der Waals surface area contributed by atoms with Crippen LogP contribution in [0.15, 0.2) is 60.4 Å². The Morgan fingerprint density at radius 3 is 3.00 bits per heavy atom. The van der Waals surface area contributed by atoms with Crippen LogP contribution in [-0.4, -0.2) is 15.1 Å². The first-order chi connectivity index (χ1) is 11.8. The highest BCUT2D eigenvalue weighted by Gasteiger charge is 2.15. The van der Waals surface area contributed by atoms with Gasteiger partial charge >= 0.3 is 0 Å². The minimum Gasteiger partial charge on any atom is -0.420 e. The Bertz CT molecular complexity index is 975. The molecule has 0 saturated heterocycles. The number of aliphatic hydroxyl groups excluding tert-OH is 1. The largest absolute Gasteiger partial charge is 0.420 e. The average Bonchev–Trinajstić information content (AvgIpc) is 3.27. The topological polar surface area (TPSA) is 49.9 Å². The molecule has 4 nitrogen and oxygen atoms in total. The van der Waals surface area contributed by atoms with E-state index in [1.807, 2.05) is 41.9 Å². The summed E-state index contributed by atoms with van der Waals surface area (Å²) in [6, 6.07) is 11.9. The van der Waals surface area contributed by atoms with Gasteiger partial charge in [-0.25, -0.2) is 0 Å². The van der Waals surface area contributed by atoms with E-state index in [1.54, 1.807) is 12.4 Å². The number of nitrogens with zero attached hydrogens (tertiary/aromatic N) is 3. The summed E-state index contributed by atoms with van der Waals surface area (Å²) in [6.45, 7) is 2.95. The fourth-order valence-electron chi connectivity index (χ4n) is 2.84. The lowest BCUT2D eigenvalue weighted by Crippen LogP contribution is -2.29. The highest BCUT2D eigenvalue weighted by Crippen LogP contribution is 2.31. The quantitative estimate of drug-likeness (QED) is 0.352. The lowest BCUT2D eigenvalue weighted by molar-refractivity contribution is -0.665. The minimum absolute atomic E-state index is 0.213. The highest BCUT2D eigenvalue weighted by atomic mass is 32.1. The van der Waals surface area contributed by atoms with Gasteiger partial charge in [-0.05, 0) is 24.8 Å². The van der Waals surface area contributed by atoms with E-state index in [1.165, 1.54) is 11.3 Å². The van der Waals surface area contributed by atoms with Crippen molar-refractivity contribution in [2.75, 3.05) is 0 Å². The molecule has 4 rings (SSSR count). The Balaban J connectivity index is 1.75. The van der Waals surface area contributed by atoms with E-state index < -0.39 is 0 Å². The third-order valence-electron chi connectivity index (χ3n) is 4.04. The average molecular weight is 334 g/mol. The van der Waals surface area contributed by atoms with Gasteiger partial charge in [0.15, 0.2) is 11.3 Å². The van der Waals surface area contributed by atoms with Crippen LogP contribution in [0.4, 0.5) is 0 Å². The molecule has 3 aromatic heterocycles. The molecule has 0 aliphatic rings. The highest BCUT2D eigenvalue weighted by molar-refractivity contribution is 7.13. The fourth-order valence-corrected chi connectivity index (χ4v) is 3.63. The molecule has 0 spiro atoms. The maximum Gasteiger partial charge on any atom is 0.250 e. The maximum atomic E-state index is 10.8. The fraction of sp³-hybridized carbons (Fsp3) is 0.105. The van der Waals surface area contributed by atoms with Crippen LogP contribution in [0, 0.1) is 6.10 Å². The Hall–Kier alpha value is -2.63. The molecule has 3 heterocycles. The summed E-state index contributed by atoms with van der Waals surface area (Å²) in [5, 5.41) is 14.6. The van der Waals surface area contributed by atoms with Crippen molar-refractivity contribution in [3.63, 3.8) is 0 Å². The molecule has 0 atom stereocenters. The monoisotopic (exact) mass is 334 g/mol. The molecule has 0 fully saturated rings. The van der Waals surface area contributed by atoms with E-state index >= 15 is 0 Å². The van der Waals surface area contributed by atoms with Gasteiger partial charge in [0.25, 0.3) is 0 Å². The van der Waals surface area contributed by atoms with Crippen LogP contribution in [0.25, 0.3) is 21.5 Å². The SMILES string of the molecule is CC[n+]1cc([C-](O)c2c[s+][c-](-c3cccnc3)n2)c2cccc[c-]21. The summed E-state index contributed by atoms with van der Waals surface area (Å²) in [7, 11) is 0. The van der Waals surface area contributed by atoms with Crippen LogP contribution >= 0.6 is 11.3 Å². The summed E-state index contributed by atoms with van der Waals surface area (Å²) in [5.41, 5.74) is 3.48. The number of pyridine rings is 1. The molecule has 0 unspecified atom stereocenters. The molecule has 24 heavy (non-hydrogen) atoms. The third-order valence-corrected chi connectivity index (χ3v) is 4.93. The molecule has 0 saturated carbocycles. The Morgan fingerprint density at radius 2 is 2.21 bits per heavy atom. The van der Waals surface area contributed by atoms with Crippen molar-refractivity contribution in [3.8, 4) is 10.6 Å². The van der Waals surface area contributed by atoms with Crippen LogP contribution in [0.3, 0.4) is 0 Å². The zero-order valence-electron chi connectivity index (χ0n) is 13.2. The number of thiazole rings is 1. The number of hydrogen-bond donors (Lipinski definition) is 1. The number of hydrogen-bond acceptors (Lipinski definition) is 3. The first kappa shape index (κ1) is 14.9. The van der Waals surface area contributed by atoms with Crippen molar-refractivity contribution in [1.29, 1.82) is 0 Å². The minimum atomic E-state index is 0.213. The van der Waals surface area contributed by atoms with Crippen molar-refractivity contribution in [1.82, 2.24) is 9.97 Å². The second-order valence-corrected chi connectivity index (χ2v) is 6.33. The second kappa shape index (κ2) is 6.11. The maximum absolute atomic E-state index is 10.8. The van der Waals surface area contributed by atoms with Crippen LogP contribution in [0.1, 0.15) is 18.2 Å². The summed E-state index contributed by atoms with van der Waals surface area (Å²) >= 11 is 1.50. The Morgan fingerprint density at radius 1 is 1.29 bits per heavy atom. The summed E-state index contributed by atoms with van der Waals surface area (Å²) < 4.78 is 2.13. The lowest BCUT2D eigenvalue weighted by atomic mass is 10.1. The van der Waals surface area contributed by atoms with E-state index in [-0.39, 0.29) is 6.10 Å². The van der Waals surface area contributed by atoms with E-state index in [4.69, 9.17) is 0 Å². The van der Waals surface area contributed by atoms with Crippen molar-refractivity contribution < 1.29 is 9.67 Å². The molecule has 1 aromatic carbocycles. The van der Waals surface area contributed by atoms with Crippen molar-refractivity contribution in [3.05, 3.63) is 77.7 Å². The number of aromatic nitrogens is 3. The second-order valence-electron chi connectivity index (χ2n) is 5.47. The molecule has 0 bridgehead atoms. The first-order valence-electron chi connectivity index (χ1n) is 7.78. The van der Waals surface area contributed by atoms with Gasteiger partial charge in [0.05, 0.1) is 11.7 Å². The van der Waals surface area contributed by atoms with E-state index in [9.17, 15) is 5.11 Å². The lowest BCUT2D eigenvalue weighted by Gasteiger charge is -2.15. The Labute approximate surface area is 144 Å².